The molecule has 6 nitrogen and oxygen atoms in total. The highest BCUT2D eigenvalue weighted by molar-refractivity contribution is 5.86. The summed E-state index contributed by atoms with van der Waals surface area (Å²) in [5.41, 5.74) is 7.07. The van der Waals surface area contributed by atoms with Crippen LogP contribution in [0.1, 0.15) is 16.8 Å². The monoisotopic (exact) mass is 396 g/mol. The van der Waals surface area contributed by atoms with Gasteiger partial charge in [-0.15, -0.1) is 0 Å². The number of fused-ring (bicyclic) bond motifs is 2. The van der Waals surface area contributed by atoms with E-state index >= 15 is 0 Å². The molecule has 0 fully saturated rings. The third kappa shape index (κ3) is 3.59. The van der Waals surface area contributed by atoms with Gasteiger partial charge in [-0.3, -0.25) is 0 Å². The van der Waals surface area contributed by atoms with Crippen molar-refractivity contribution in [1.82, 2.24) is 19.9 Å². The average molecular weight is 396 g/mol. The summed E-state index contributed by atoms with van der Waals surface area (Å²) in [7, 11) is 0. The molecule has 150 valence electrons. The number of nitrogens with one attached hydrogen (secondary N) is 4. The molecule has 2 aromatic carbocycles. The van der Waals surface area contributed by atoms with Crippen molar-refractivity contribution < 1.29 is 0 Å². The molecule has 0 spiro atoms. The zero-order chi connectivity index (χ0) is 20.5. The molecule has 4 N–H and O–H groups in total. The van der Waals surface area contributed by atoms with Crippen molar-refractivity contribution in [2.45, 2.75) is 20.3 Å². The smallest absolute Gasteiger partial charge is 0.224 e. The molecule has 0 atom stereocenters. The zero-order valence-corrected chi connectivity index (χ0v) is 17.1. The van der Waals surface area contributed by atoms with Crippen LogP contribution in [0.5, 0.6) is 0 Å². The maximum Gasteiger partial charge on any atom is 0.224 e. The van der Waals surface area contributed by atoms with Crippen molar-refractivity contribution in [3.63, 3.8) is 0 Å². The second-order valence-corrected chi connectivity index (χ2v) is 7.63. The Morgan fingerprint density at radius 1 is 1.00 bits per heavy atom. The molecule has 0 bridgehead atoms. The van der Waals surface area contributed by atoms with Gasteiger partial charge in [0.1, 0.15) is 5.82 Å². The number of nitrogens with zero attached hydrogens (tertiary/aromatic N) is 2. The predicted molar refractivity (Wildman–Crippen MR) is 124 cm³/mol. The molecule has 0 saturated heterocycles. The highest BCUT2D eigenvalue weighted by Crippen LogP contribution is 2.24. The molecular weight excluding hydrogens is 372 g/mol. The van der Waals surface area contributed by atoms with Crippen molar-refractivity contribution in [2.75, 3.05) is 17.2 Å². The molecule has 5 aromatic rings. The minimum atomic E-state index is 0.620. The van der Waals surface area contributed by atoms with Crippen LogP contribution in [-0.2, 0) is 6.42 Å². The fourth-order valence-electron chi connectivity index (χ4n) is 3.97. The van der Waals surface area contributed by atoms with E-state index in [1.165, 1.54) is 27.4 Å². The third-order valence-electron chi connectivity index (χ3n) is 5.36. The van der Waals surface area contributed by atoms with Crippen LogP contribution < -0.4 is 10.6 Å². The number of hydrogen-bond donors (Lipinski definition) is 4. The molecule has 5 rings (SSSR count). The number of aromatic amines is 2. The summed E-state index contributed by atoms with van der Waals surface area (Å²) in [6.07, 6.45) is 4.76. The number of anilines is 3. The van der Waals surface area contributed by atoms with E-state index in [1.54, 1.807) is 6.20 Å². The Morgan fingerprint density at radius 3 is 2.87 bits per heavy atom. The number of benzene rings is 2. The molecule has 6 heteroatoms. The van der Waals surface area contributed by atoms with Crippen LogP contribution in [0.25, 0.3) is 21.8 Å². The van der Waals surface area contributed by atoms with Gasteiger partial charge in [-0.2, -0.15) is 4.98 Å². The summed E-state index contributed by atoms with van der Waals surface area (Å²) >= 11 is 0. The standard InChI is InChI=1S/C24H24N6/c1-15-4-3-5-21-23(15)17(14-27-21)8-10-25-24-26-11-9-22(30-24)29-19-6-7-20-18(13-19)12-16(2)28-20/h3-7,9,11-14,27-28H,8,10H2,1-2H3,(H2,25,26,29,30). The van der Waals surface area contributed by atoms with Crippen LogP contribution in [-0.4, -0.2) is 26.5 Å². The maximum absolute atomic E-state index is 4.60. The second kappa shape index (κ2) is 7.55. The van der Waals surface area contributed by atoms with Crippen molar-refractivity contribution in [3.05, 3.63) is 77.7 Å². The Morgan fingerprint density at radius 2 is 1.93 bits per heavy atom. The molecule has 0 unspecified atom stereocenters. The summed E-state index contributed by atoms with van der Waals surface area (Å²) < 4.78 is 0. The fourth-order valence-corrected chi connectivity index (χ4v) is 3.97. The Hall–Kier alpha value is -3.80. The van der Waals surface area contributed by atoms with E-state index in [2.05, 4.69) is 87.0 Å². The molecule has 0 saturated carbocycles. The summed E-state index contributed by atoms with van der Waals surface area (Å²) in [5.74, 6) is 1.39. The van der Waals surface area contributed by atoms with Gasteiger partial charge in [-0.05, 0) is 67.8 Å². The van der Waals surface area contributed by atoms with Crippen LogP contribution in [0.15, 0.2) is 60.9 Å². The summed E-state index contributed by atoms with van der Waals surface area (Å²) in [4.78, 5) is 15.7. The molecular formula is C24H24N6. The zero-order valence-electron chi connectivity index (χ0n) is 17.1. The Labute approximate surface area is 174 Å². The topological polar surface area (TPSA) is 81.4 Å². The van der Waals surface area contributed by atoms with Crippen LogP contribution in [0.4, 0.5) is 17.5 Å². The van der Waals surface area contributed by atoms with E-state index in [9.17, 15) is 0 Å². The van der Waals surface area contributed by atoms with Crippen LogP contribution in [0.2, 0.25) is 0 Å². The highest BCUT2D eigenvalue weighted by Gasteiger charge is 2.07. The quantitative estimate of drug-likeness (QED) is 0.307. The van der Waals surface area contributed by atoms with Crippen molar-refractivity contribution in [2.24, 2.45) is 0 Å². The predicted octanol–water partition coefficient (Wildman–Crippen LogP) is 5.45. The molecule has 0 aliphatic heterocycles. The highest BCUT2D eigenvalue weighted by atomic mass is 15.1. The first-order valence-corrected chi connectivity index (χ1v) is 10.1. The molecule has 0 aliphatic carbocycles. The lowest BCUT2D eigenvalue weighted by atomic mass is 10.1. The van der Waals surface area contributed by atoms with Crippen LogP contribution in [0.3, 0.4) is 0 Å². The Kier molecular flexibility index (Phi) is 4.59. The number of H-pyrrole nitrogens is 2. The van der Waals surface area contributed by atoms with E-state index in [0.29, 0.717) is 5.95 Å². The van der Waals surface area contributed by atoms with Crippen molar-refractivity contribution >= 4 is 39.3 Å². The normalized spacial score (nSPS) is 11.3. The van der Waals surface area contributed by atoms with Crippen LogP contribution in [0, 0.1) is 13.8 Å². The van der Waals surface area contributed by atoms with Crippen molar-refractivity contribution in [3.8, 4) is 0 Å². The van der Waals surface area contributed by atoms with E-state index in [1.807, 2.05) is 12.1 Å². The Balaban J connectivity index is 1.26. The fraction of sp³-hybridized carbons (Fsp3) is 0.167. The largest absolute Gasteiger partial charge is 0.361 e. The summed E-state index contributed by atoms with van der Waals surface area (Å²) in [5, 5.41) is 9.21. The second-order valence-electron chi connectivity index (χ2n) is 7.63. The number of aromatic nitrogens is 4. The molecule has 0 radical (unpaired) electrons. The lowest BCUT2D eigenvalue weighted by Gasteiger charge is -2.09. The van der Waals surface area contributed by atoms with Gasteiger partial charge >= 0.3 is 0 Å². The molecule has 0 aliphatic rings. The van der Waals surface area contributed by atoms with E-state index in [0.717, 1.165) is 35.7 Å². The first kappa shape index (κ1) is 18.2. The van der Waals surface area contributed by atoms with Gasteiger partial charge < -0.3 is 20.6 Å². The number of aryl methyl sites for hydroxylation is 2. The van der Waals surface area contributed by atoms with E-state index in [-0.39, 0.29) is 0 Å². The number of hydrogen-bond acceptors (Lipinski definition) is 4. The molecule has 30 heavy (non-hydrogen) atoms. The number of rotatable bonds is 6. The molecule has 3 heterocycles. The van der Waals surface area contributed by atoms with Gasteiger partial charge in [0, 0.05) is 52.1 Å². The summed E-state index contributed by atoms with van der Waals surface area (Å²) in [6.45, 7) is 4.98. The van der Waals surface area contributed by atoms with Gasteiger partial charge in [-0.1, -0.05) is 12.1 Å². The van der Waals surface area contributed by atoms with Gasteiger partial charge in [-0.25, -0.2) is 4.98 Å². The van der Waals surface area contributed by atoms with Crippen molar-refractivity contribution in [1.29, 1.82) is 0 Å². The molecule has 3 aromatic heterocycles. The van der Waals surface area contributed by atoms with Gasteiger partial charge in [0.05, 0.1) is 0 Å². The lowest BCUT2D eigenvalue weighted by molar-refractivity contribution is 0.990. The van der Waals surface area contributed by atoms with Gasteiger partial charge in [0.2, 0.25) is 5.95 Å². The minimum Gasteiger partial charge on any atom is -0.361 e. The van der Waals surface area contributed by atoms with E-state index in [4.69, 9.17) is 0 Å². The summed E-state index contributed by atoms with van der Waals surface area (Å²) in [6, 6.07) is 16.6. The van der Waals surface area contributed by atoms with E-state index < -0.39 is 0 Å². The first-order valence-electron chi connectivity index (χ1n) is 10.1. The maximum atomic E-state index is 4.60. The Bertz CT molecular complexity index is 1330. The van der Waals surface area contributed by atoms with Gasteiger partial charge in [0.25, 0.3) is 0 Å². The minimum absolute atomic E-state index is 0.620. The lowest BCUT2D eigenvalue weighted by Crippen LogP contribution is -2.08. The third-order valence-corrected chi connectivity index (χ3v) is 5.36. The molecule has 0 amide bonds. The SMILES string of the molecule is Cc1cc2cc(Nc3ccnc(NCCc4c[nH]c5cccc(C)c45)n3)ccc2[nH]1. The van der Waals surface area contributed by atoms with Gasteiger partial charge in [0.15, 0.2) is 0 Å². The average Bonchev–Trinajstić information content (AvgIpc) is 3.31. The first-order chi connectivity index (χ1) is 14.7. The van der Waals surface area contributed by atoms with Crippen LogP contribution >= 0.6 is 0 Å².